The van der Waals surface area contributed by atoms with E-state index < -0.39 is 0 Å². The molecule has 1 atom stereocenters. The molecule has 24 heavy (non-hydrogen) atoms. The van der Waals surface area contributed by atoms with Crippen molar-refractivity contribution in [1.82, 2.24) is 14.9 Å². The molecule has 0 radical (unpaired) electrons. The van der Waals surface area contributed by atoms with Gasteiger partial charge in [-0.2, -0.15) is 0 Å². The summed E-state index contributed by atoms with van der Waals surface area (Å²) in [5, 5.41) is 0. The molecule has 5 heteroatoms. The Morgan fingerprint density at radius 1 is 1.21 bits per heavy atom. The van der Waals surface area contributed by atoms with Gasteiger partial charge in [-0.1, -0.05) is 24.3 Å². The molecule has 0 unspecified atom stereocenters. The molecule has 3 rings (SSSR count). The van der Waals surface area contributed by atoms with Crippen LogP contribution in [-0.2, 0) is 11.2 Å². The second-order valence-electron chi connectivity index (χ2n) is 5.93. The molecule has 0 fully saturated rings. The van der Waals surface area contributed by atoms with E-state index >= 15 is 0 Å². The third-order valence-corrected chi connectivity index (χ3v) is 4.34. The van der Waals surface area contributed by atoms with Crippen molar-refractivity contribution in [3.63, 3.8) is 0 Å². The number of amides is 1. The smallest absolute Gasteiger partial charge is 0.223 e. The maximum Gasteiger partial charge on any atom is 0.223 e. The van der Waals surface area contributed by atoms with Gasteiger partial charge in [-0.25, -0.2) is 9.37 Å². The van der Waals surface area contributed by atoms with E-state index in [9.17, 15) is 9.18 Å². The van der Waals surface area contributed by atoms with Crippen LogP contribution in [0.4, 0.5) is 4.39 Å². The largest absolute Gasteiger partial charge is 0.342 e. The Balaban J connectivity index is 1.62. The van der Waals surface area contributed by atoms with Gasteiger partial charge in [0.1, 0.15) is 11.6 Å². The fourth-order valence-corrected chi connectivity index (χ4v) is 2.71. The first kappa shape index (κ1) is 16.2. The number of para-hydroxylation sites is 2. The van der Waals surface area contributed by atoms with Gasteiger partial charge in [0.2, 0.25) is 5.91 Å². The quantitative estimate of drug-likeness (QED) is 0.774. The molecule has 0 aliphatic carbocycles. The van der Waals surface area contributed by atoms with Crippen molar-refractivity contribution in [3.8, 4) is 0 Å². The summed E-state index contributed by atoms with van der Waals surface area (Å²) >= 11 is 0. The van der Waals surface area contributed by atoms with E-state index in [1.165, 1.54) is 12.1 Å². The Bertz CT molecular complexity index is 808. The number of aryl methyl sites for hydroxylation is 1. The number of halogens is 1. The van der Waals surface area contributed by atoms with Crippen molar-refractivity contribution in [3.05, 3.63) is 65.7 Å². The molecule has 0 aliphatic rings. The van der Waals surface area contributed by atoms with Crippen LogP contribution in [0.15, 0.2) is 48.5 Å². The van der Waals surface area contributed by atoms with E-state index in [-0.39, 0.29) is 17.8 Å². The number of H-pyrrole nitrogens is 1. The minimum atomic E-state index is -0.273. The third-order valence-electron chi connectivity index (χ3n) is 4.34. The summed E-state index contributed by atoms with van der Waals surface area (Å²) in [7, 11) is 1.77. The van der Waals surface area contributed by atoms with Crippen molar-refractivity contribution in [2.45, 2.75) is 25.8 Å². The standard InChI is InChI=1S/C19H20FN3O/c1-13(14-7-9-15(20)10-8-14)23(2)19(24)12-11-18-21-16-5-3-4-6-17(16)22-18/h3-10,13H,11-12H2,1-2H3,(H,21,22)/t13-/m0/s1. The average molecular weight is 325 g/mol. The van der Waals surface area contributed by atoms with Gasteiger partial charge in [-0.05, 0) is 36.8 Å². The first-order chi connectivity index (χ1) is 11.5. The molecule has 2 aromatic carbocycles. The second-order valence-corrected chi connectivity index (χ2v) is 5.93. The number of hydrogen-bond acceptors (Lipinski definition) is 2. The van der Waals surface area contributed by atoms with Crippen molar-refractivity contribution in [2.24, 2.45) is 0 Å². The molecule has 124 valence electrons. The fraction of sp³-hybridized carbons (Fsp3) is 0.263. The zero-order valence-electron chi connectivity index (χ0n) is 13.8. The summed E-state index contributed by atoms with van der Waals surface area (Å²) < 4.78 is 13.0. The number of rotatable bonds is 5. The van der Waals surface area contributed by atoms with Crippen molar-refractivity contribution in [2.75, 3.05) is 7.05 Å². The molecule has 0 aliphatic heterocycles. The van der Waals surface area contributed by atoms with Gasteiger partial charge in [0, 0.05) is 19.9 Å². The number of hydrogen-bond donors (Lipinski definition) is 1. The SMILES string of the molecule is C[C@@H](c1ccc(F)cc1)N(C)C(=O)CCc1nc2ccccc2[nH]1. The van der Waals surface area contributed by atoms with Gasteiger partial charge in [0.05, 0.1) is 17.1 Å². The Hall–Kier alpha value is -2.69. The Kier molecular flexibility index (Phi) is 4.60. The van der Waals surface area contributed by atoms with E-state index in [2.05, 4.69) is 9.97 Å². The lowest BCUT2D eigenvalue weighted by Crippen LogP contribution is -2.29. The molecule has 3 aromatic rings. The number of aromatic nitrogens is 2. The number of carbonyl (C=O) groups is 1. The fourth-order valence-electron chi connectivity index (χ4n) is 2.71. The first-order valence-electron chi connectivity index (χ1n) is 7.99. The van der Waals surface area contributed by atoms with Gasteiger partial charge in [0.15, 0.2) is 0 Å². The molecule has 1 heterocycles. The number of imidazole rings is 1. The van der Waals surface area contributed by atoms with Crippen LogP contribution in [0.5, 0.6) is 0 Å². The number of fused-ring (bicyclic) bond motifs is 1. The maximum absolute atomic E-state index is 13.0. The minimum Gasteiger partial charge on any atom is -0.342 e. The molecule has 0 spiro atoms. The van der Waals surface area contributed by atoms with Gasteiger partial charge in [0.25, 0.3) is 0 Å². The lowest BCUT2D eigenvalue weighted by atomic mass is 10.1. The molecule has 1 amide bonds. The molecule has 0 saturated heterocycles. The number of nitrogens with one attached hydrogen (secondary N) is 1. The molecular weight excluding hydrogens is 305 g/mol. The van der Waals surface area contributed by atoms with Crippen LogP contribution < -0.4 is 0 Å². The molecule has 0 bridgehead atoms. The van der Waals surface area contributed by atoms with Crippen molar-refractivity contribution in [1.29, 1.82) is 0 Å². The first-order valence-corrected chi connectivity index (χ1v) is 7.99. The van der Waals surface area contributed by atoms with Crippen LogP contribution in [0.1, 0.15) is 30.8 Å². The number of benzene rings is 2. The highest BCUT2D eigenvalue weighted by Gasteiger charge is 2.17. The summed E-state index contributed by atoms with van der Waals surface area (Å²) in [5.74, 6) is 0.574. The highest BCUT2D eigenvalue weighted by Crippen LogP contribution is 2.20. The topological polar surface area (TPSA) is 49.0 Å². The van der Waals surface area contributed by atoms with Crippen LogP contribution in [0.25, 0.3) is 11.0 Å². The lowest BCUT2D eigenvalue weighted by Gasteiger charge is -2.25. The second kappa shape index (κ2) is 6.83. The van der Waals surface area contributed by atoms with Gasteiger partial charge in [-0.15, -0.1) is 0 Å². The maximum atomic E-state index is 13.0. The summed E-state index contributed by atoms with van der Waals surface area (Å²) in [5.41, 5.74) is 2.80. The highest BCUT2D eigenvalue weighted by atomic mass is 19.1. The van der Waals surface area contributed by atoms with E-state index in [0.717, 1.165) is 22.4 Å². The number of nitrogens with zero attached hydrogens (tertiary/aromatic N) is 2. The van der Waals surface area contributed by atoms with Gasteiger partial charge in [-0.3, -0.25) is 4.79 Å². The summed E-state index contributed by atoms with van der Waals surface area (Å²) in [6.45, 7) is 1.94. The zero-order valence-corrected chi connectivity index (χ0v) is 13.8. The van der Waals surface area contributed by atoms with Crippen molar-refractivity contribution >= 4 is 16.9 Å². The van der Waals surface area contributed by atoms with Crippen LogP contribution in [0.3, 0.4) is 0 Å². The van der Waals surface area contributed by atoms with Crippen LogP contribution in [0.2, 0.25) is 0 Å². The molecule has 1 aromatic heterocycles. The molecule has 1 N–H and O–H groups in total. The zero-order chi connectivity index (χ0) is 17.1. The minimum absolute atomic E-state index is 0.0345. The molecule has 4 nitrogen and oxygen atoms in total. The van der Waals surface area contributed by atoms with Gasteiger partial charge >= 0.3 is 0 Å². The summed E-state index contributed by atoms with van der Waals surface area (Å²) in [6.07, 6.45) is 0.940. The van der Waals surface area contributed by atoms with Crippen LogP contribution >= 0.6 is 0 Å². The Labute approximate surface area is 140 Å². The number of carbonyl (C=O) groups excluding carboxylic acids is 1. The van der Waals surface area contributed by atoms with E-state index in [1.807, 2.05) is 31.2 Å². The normalized spacial score (nSPS) is 12.3. The van der Waals surface area contributed by atoms with Gasteiger partial charge < -0.3 is 9.88 Å². The predicted octanol–water partition coefficient (Wildman–Crippen LogP) is 3.85. The van der Waals surface area contributed by atoms with Crippen molar-refractivity contribution < 1.29 is 9.18 Å². The van der Waals surface area contributed by atoms with E-state index in [1.54, 1.807) is 24.1 Å². The van der Waals surface area contributed by atoms with Crippen LogP contribution in [-0.4, -0.2) is 27.8 Å². The average Bonchev–Trinajstić information content (AvgIpc) is 3.02. The van der Waals surface area contributed by atoms with E-state index in [4.69, 9.17) is 0 Å². The van der Waals surface area contributed by atoms with E-state index in [0.29, 0.717) is 12.8 Å². The third kappa shape index (κ3) is 3.45. The molecule has 0 saturated carbocycles. The Morgan fingerprint density at radius 3 is 2.62 bits per heavy atom. The lowest BCUT2D eigenvalue weighted by molar-refractivity contribution is -0.131. The summed E-state index contributed by atoms with van der Waals surface area (Å²) in [4.78, 5) is 21.8. The highest BCUT2D eigenvalue weighted by molar-refractivity contribution is 5.77. The number of aromatic amines is 1. The van der Waals surface area contributed by atoms with Crippen LogP contribution in [0, 0.1) is 5.82 Å². The predicted molar refractivity (Wildman–Crippen MR) is 92.0 cm³/mol. The summed E-state index contributed by atoms with van der Waals surface area (Å²) in [6, 6.07) is 14.0. The monoisotopic (exact) mass is 325 g/mol. The molecular formula is C19H20FN3O. The Morgan fingerprint density at radius 2 is 1.92 bits per heavy atom.